The van der Waals surface area contributed by atoms with Gasteiger partial charge in [0.05, 0.1) is 0 Å². The summed E-state index contributed by atoms with van der Waals surface area (Å²) in [7, 11) is 0. The number of carbonyl (C=O) groups excluding carboxylic acids is 4. The quantitative estimate of drug-likeness (QED) is 0.369. The molecule has 0 saturated heterocycles. The van der Waals surface area contributed by atoms with Gasteiger partial charge in [0.2, 0.25) is 0 Å². The van der Waals surface area contributed by atoms with Gasteiger partial charge in [-0.15, -0.1) is 0 Å². The maximum Gasteiger partial charge on any atom is 4.00 e. The van der Waals surface area contributed by atoms with Crippen molar-refractivity contribution in [1.82, 2.24) is 0 Å². The van der Waals surface area contributed by atoms with E-state index in [4.69, 9.17) is 0 Å². The van der Waals surface area contributed by atoms with E-state index in [0.717, 1.165) is 77.0 Å². The Morgan fingerprint density at radius 3 is 0.612 bits per heavy atom. The zero-order valence-electron chi connectivity index (χ0n) is 32.8. The van der Waals surface area contributed by atoms with Crippen molar-refractivity contribution in [1.29, 1.82) is 0 Å². The van der Waals surface area contributed by atoms with Gasteiger partial charge >= 0.3 is 21.1 Å². The Labute approximate surface area is 312 Å². The van der Waals surface area contributed by atoms with Gasteiger partial charge in [-0.2, -0.15) is 0 Å². The minimum Gasteiger partial charge on any atom is -0.550 e. The molecule has 0 aromatic rings. The van der Waals surface area contributed by atoms with Crippen molar-refractivity contribution >= 4 is 23.9 Å². The third kappa shape index (κ3) is 13.6. The fourth-order valence-corrected chi connectivity index (χ4v) is 10.1. The second kappa shape index (κ2) is 19.4. The van der Waals surface area contributed by atoms with Crippen LogP contribution in [0.4, 0.5) is 0 Å². The van der Waals surface area contributed by atoms with E-state index in [2.05, 4.69) is 0 Å². The first-order valence-corrected chi connectivity index (χ1v) is 18.6. The molecule has 0 radical (unpaired) electrons. The van der Waals surface area contributed by atoms with Crippen LogP contribution in [0.25, 0.3) is 0 Å². The molecule has 0 heterocycles. The Morgan fingerprint density at radius 1 is 0.388 bits per heavy atom. The van der Waals surface area contributed by atoms with Crippen LogP contribution >= 0.6 is 0 Å². The Hall–Kier alpha value is -1.43. The maximum atomic E-state index is 10.9. The first kappa shape index (κ1) is 47.6. The van der Waals surface area contributed by atoms with Gasteiger partial charge in [-0.05, 0) is 71.0 Å². The number of hydrogen-bond donors (Lipinski definition) is 0. The van der Waals surface area contributed by atoms with E-state index in [9.17, 15) is 39.6 Å². The molecule has 0 aromatic heterocycles. The van der Waals surface area contributed by atoms with E-state index in [1.54, 1.807) is 0 Å². The molecule has 0 bridgehead atoms. The molecule has 49 heavy (non-hydrogen) atoms. The van der Waals surface area contributed by atoms with Gasteiger partial charge in [-0.3, -0.25) is 0 Å². The normalized spacial score (nSPS) is 33.9. The van der Waals surface area contributed by atoms with Crippen LogP contribution < -0.4 is 20.4 Å². The van der Waals surface area contributed by atoms with Crippen LogP contribution in [0.5, 0.6) is 0 Å². The zero-order chi connectivity index (χ0) is 37.4. The molecule has 4 aliphatic carbocycles. The van der Waals surface area contributed by atoms with Gasteiger partial charge < -0.3 is 39.6 Å². The van der Waals surface area contributed by atoms with Crippen LogP contribution in [0.1, 0.15) is 160 Å². The summed E-state index contributed by atoms with van der Waals surface area (Å²) in [4.78, 5) is 43.5. The van der Waals surface area contributed by atoms with Crippen LogP contribution in [0.15, 0.2) is 0 Å². The summed E-state index contributed by atoms with van der Waals surface area (Å²) in [6.07, 6.45) is 12.8. The zero-order valence-corrected chi connectivity index (χ0v) is 34.8. The Kier molecular flexibility index (Phi) is 18.9. The fourth-order valence-electron chi connectivity index (χ4n) is 10.1. The molecule has 8 nitrogen and oxygen atoms in total. The molecule has 0 aromatic carbocycles. The summed E-state index contributed by atoms with van der Waals surface area (Å²) in [5.74, 6) is -3.40. The monoisotopic (exact) mass is 774 g/mol. The molecule has 4 rings (SSSR count). The summed E-state index contributed by atoms with van der Waals surface area (Å²) in [5.41, 5.74) is -0.292. The average molecular weight is 773 g/mol. The van der Waals surface area contributed by atoms with E-state index in [0.29, 0.717) is 0 Å². The van der Waals surface area contributed by atoms with Crippen LogP contribution in [0, 0.1) is 69.0 Å². The van der Waals surface area contributed by atoms with Gasteiger partial charge in [-0.1, -0.05) is 134 Å². The molecule has 282 valence electrons. The third-order valence-electron chi connectivity index (χ3n) is 12.6. The molecular weight excluding hydrogens is 704 g/mol. The summed E-state index contributed by atoms with van der Waals surface area (Å²) in [5, 5.41) is 43.5. The third-order valence-corrected chi connectivity index (χ3v) is 12.6. The molecular formula is C40H68MoO8. The Bertz CT molecular complexity index is 912. The van der Waals surface area contributed by atoms with Crippen molar-refractivity contribution in [2.24, 2.45) is 69.0 Å². The summed E-state index contributed by atoms with van der Waals surface area (Å²) in [6, 6.07) is 0. The molecule has 0 spiro atoms. The van der Waals surface area contributed by atoms with Crippen LogP contribution in [-0.2, 0) is 40.2 Å². The molecule has 8 unspecified atom stereocenters. The van der Waals surface area contributed by atoms with E-state index in [1.807, 2.05) is 83.1 Å². The molecule has 4 saturated carbocycles. The van der Waals surface area contributed by atoms with Crippen LogP contribution in [0.3, 0.4) is 0 Å². The first-order chi connectivity index (χ1) is 21.8. The minimum absolute atomic E-state index is 0. The number of hydrogen-bond acceptors (Lipinski definition) is 8. The van der Waals surface area contributed by atoms with Crippen molar-refractivity contribution in [3.05, 3.63) is 0 Å². The van der Waals surface area contributed by atoms with Crippen LogP contribution in [-0.4, -0.2) is 23.9 Å². The van der Waals surface area contributed by atoms with Crippen molar-refractivity contribution in [2.45, 2.75) is 160 Å². The summed E-state index contributed by atoms with van der Waals surface area (Å²) < 4.78 is 0. The van der Waals surface area contributed by atoms with Crippen LogP contribution in [0.2, 0.25) is 0 Å². The standard InChI is InChI=1S/4C10H18O2.Mo/c4*1-7-5-4-6-10(2,3)8(7)9(11)12;/h4*7-8H,4-6H2,1-3H3,(H,11,12);/q;;;;+4/p-4. The second-order valence-electron chi connectivity index (χ2n) is 18.6. The van der Waals surface area contributed by atoms with Crippen molar-refractivity contribution in [3.8, 4) is 0 Å². The summed E-state index contributed by atoms with van der Waals surface area (Å²) >= 11 is 0. The number of rotatable bonds is 4. The fraction of sp³-hybridized carbons (Fsp3) is 0.900. The van der Waals surface area contributed by atoms with E-state index in [1.165, 1.54) is 0 Å². The molecule has 0 aliphatic heterocycles. The van der Waals surface area contributed by atoms with E-state index < -0.39 is 23.9 Å². The number of carbonyl (C=O) groups is 4. The Balaban J connectivity index is 0.000000623. The van der Waals surface area contributed by atoms with Crippen molar-refractivity contribution in [3.63, 3.8) is 0 Å². The second-order valence-corrected chi connectivity index (χ2v) is 18.6. The molecule has 4 fully saturated rings. The molecule has 8 atom stereocenters. The minimum atomic E-state index is -0.868. The maximum absolute atomic E-state index is 10.9. The first-order valence-electron chi connectivity index (χ1n) is 18.6. The van der Waals surface area contributed by atoms with E-state index in [-0.39, 0.29) is 90.1 Å². The SMILES string of the molecule is CC1CCCC(C)(C)C1C(=O)[O-].CC1CCCC(C)(C)C1C(=O)[O-].CC1CCCC(C)(C)C1C(=O)[O-].CC1CCCC(C)(C)C1C(=O)[O-].[Mo+4]. The predicted molar refractivity (Wildman–Crippen MR) is 181 cm³/mol. The van der Waals surface area contributed by atoms with Crippen molar-refractivity contribution in [2.75, 3.05) is 0 Å². The molecule has 0 amide bonds. The topological polar surface area (TPSA) is 161 Å². The number of aliphatic carboxylic acids is 4. The largest absolute Gasteiger partial charge is 4.00 e. The smallest absolute Gasteiger partial charge is 0.550 e. The van der Waals surface area contributed by atoms with Gasteiger partial charge in [0.15, 0.2) is 0 Å². The molecule has 9 heteroatoms. The van der Waals surface area contributed by atoms with E-state index >= 15 is 0 Å². The average Bonchev–Trinajstić information content (AvgIpc) is 2.86. The predicted octanol–water partition coefficient (Wildman–Crippen LogP) is 4.79. The number of carboxylic acids is 4. The molecule has 4 aliphatic rings. The van der Waals surface area contributed by atoms with Gasteiger partial charge in [0.25, 0.3) is 0 Å². The Morgan fingerprint density at radius 2 is 0.531 bits per heavy atom. The van der Waals surface area contributed by atoms with Gasteiger partial charge in [0.1, 0.15) is 0 Å². The molecule has 0 N–H and O–H groups in total. The summed E-state index contributed by atoms with van der Waals surface area (Å²) in [6.45, 7) is 24.3. The van der Waals surface area contributed by atoms with Gasteiger partial charge in [-0.25, -0.2) is 0 Å². The van der Waals surface area contributed by atoms with Crippen molar-refractivity contribution < 1.29 is 60.7 Å². The van der Waals surface area contributed by atoms with Gasteiger partial charge in [0, 0.05) is 47.5 Å². The number of carboxylic acid groups (broad SMARTS) is 4.